The van der Waals surface area contributed by atoms with Gasteiger partial charge in [-0.25, -0.2) is 12.7 Å². The van der Waals surface area contributed by atoms with Crippen LogP contribution in [0, 0.1) is 6.92 Å². The Morgan fingerprint density at radius 2 is 1.59 bits per heavy atom. The van der Waals surface area contributed by atoms with E-state index in [1.807, 2.05) is 12.1 Å². The third kappa shape index (κ3) is 3.94. The average Bonchev–Trinajstić information content (AvgIpc) is 2.49. The standard InChI is InChI=1S/C17H22N2O2S/c1-14-8-10-15(11-9-14)12-18-13-16-6-4-5-7-17(16)22(20,21)19(2)3/h4-11,18H,12-13H2,1-3H3. The molecule has 4 nitrogen and oxygen atoms in total. The lowest BCUT2D eigenvalue weighted by Crippen LogP contribution is -2.24. The summed E-state index contributed by atoms with van der Waals surface area (Å²) in [5, 5.41) is 3.31. The van der Waals surface area contributed by atoms with Gasteiger partial charge in [0.05, 0.1) is 4.90 Å². The molecule has 22 heavy (non-hydrogen) atoms. The van der Waals surface area contributed by atoms with Gasteiger partial charge in [-0.15, -0.1) is 0 Å². The zero-order valence-electron chi connectivity index (χ0n) is 13.2. The fourth-order valence-electron chi connectivity index (χ4n) is 2.15. The topological polar surface area (TPSA) is 49.4 Å². The van der Waals surface area contributed by atoms with Crippen LogP contribution in [0.1, 0.15) is 16.7 Å². The number of nitrogens with one attached hydrogen (secondary N) is 1. The lowest BCUT2D eigenvalue weighted by atomic mass is 10.1. The number of rotatable bonds is 6. The minimum absolute atomic E-state index is 0.358. The smallest absolute Gasteiger partial charge is 0.242 e. The molecule has 0 aliphatic carbocycles. The Kier molecular flexibility index (Phi) is 5.34. The first-order chi connectivity index (χ1) is 10.4. The second-order valence-corrected chi connectivity index (χ2v) is 7.60. The van der Waals surface area contributed by atoms with E-state index in [9.17, 15) is 8.42 Å². The van der Waals surface area contributed by atoms with Gasteiger partial charge in [0.1, 0.15) is 0 Å². The van der Waals surface area contributed by atoms with Crippen LogP contribution in [-0.4, -0.2) is 26.8 Å². The first kappa shape index (κ1) is 16.7. The summed E-state index contributed by atoms with van der Waals surface area (Å²) >= 11 is 0. The zero-order chi connectivity index (χ0) is 16.2. The number of hydrogen-bond acceptors (Lipinski definition) is 3. The van der Waals surface area contributed by atoms with Crippen LogP contribution in [0.4, 0.5) is 0 Å². The van der Waals surface area contributed by atoms with E-state index >= 15 is 0 Å². The number of hydrogen-bond donors (Lipinski definition) is 1. The Labute approximate surface area is 132 Å². The minimum atomic E-state index is -3.41. The summed E-state index contributed by atoms with van der Waals surface area (Å²) in [6.45, 7) is 3.27. The molecule has 1 N–H and O–H groups in total. The van der Waals surface area contributed by atoms with Gasteiger partial charge in [0.2, 0.25) is 10.0 Å². The van der Waals surface area contributed by atoms with E-state index in [-0.39, 0.29) is 0 Å². The van der Waals surface area contributed by atoms with Gasteiger partial charge in [0, 0.05) is 27.2 Å². The van der Waals surface area contributed by atoms with Gasteiger partial charge in [-0.3, -0.25) is 0 Å². The van der Waals surface area contributed by atoms with E-state index in [0.29, 0.717) is 18.0 Å². The first-order valence-corrected chi connectivity index (χ1v) is 8.62. The first-order valence-electron chi connectivity index (χ1n) is 7.18. The summed E-state index contributed by atoms with van der Waals surface area (Å²) in [6.07, 6.45) is 0. The van der Waals surface area contributed by atoms with Crippen molar-refractivity contribution in [3.05, 3.63) is 65.2 Å². The second kappa shape index (κ2) is 7.05. The van der Waals surface area contributed by atoms with Crippen LogP contribution in [0.5, 0.6) is 0 Å². The van der Waals surface area contributed by atoms with Crippen LogP contribution in [0.15, 0.2) is 53.4 Å². The SMILES string of the molecule is Cc1ccc(CNCc2ccccc2S(=O)(=O)N(C)C)cc1. The van der Waals surface area contributed by atoms with Crippen molar-refractivity contribution >= 4 is 10.0 Å². The van der Waals surface area contributed by atoms with Crippen LogP contribution in [-0.2, 0) is 23.1 Å². The molecule has 0 amide bonds. The molecule has 0 atom stereocenters. The van der Waals surface area contributed by atoms with Crippen molar-refractivity contribution in [3.8, 4) is 0 Å². The fraction of sp³-hybridized carbons (Fsp3) is 0.294. The molecular formula is C17H22N2O2S. The summed E-state index contributed by atoms with van der Waals surface area (Å²) in [6, 6.07) is 15.4. The van der Waals surface area contributed by atoms with E-state index in [1.165, 1.54) is 15.4 Å². The number of benzene rings is 2. The molecule has 0 fully saturated rings. The molecule has 5 heteroatoms. The Balaban J connectivity index is 2.09. The molecule has 0 aliphatic rings. The van der Waals surface area contributed by atoms with Gasteiger partial charge in [0.25, 0.3) is 0 Å². The highest BCUT2D eigenvalue weighted by molar-refractivity contribution is 7.89. The molecule has 0 saturated carbocycles. The van der Waals surface area contributed by atoms with Crippen LogP contribution < -0.4 is 5.32 Å². The minimum Gasteiger partial charge on any atom is -0.309 e. The Bertz CT molecular complexity index is 723. The van der Waals surface area contributed by atoms with E-state index in [2.05, 4.69) is 36.5 Å². The molecule has 2 rings (SSSR count). The quantitative estimate of drug-likeness (QED) is 0.890. The molecule has 2 aromatic rings. The molecule has 118 valence electrons. The normalized spacial score (nSPS) is 11.8. The molecule has 2 aromatic carbocycles. The van der Waals surface area contributed by atoms with Crippen molar-refractivity contribution in [2.75, 3.05) is 14.1 Å². The van der Waals surface area contributed by atoms with Gasteiger partial charge in [-0.05, 0) is 24.1 Å². The highest BCUT2D eigenvalue weighted by Gasteiger charge is 2.20. The molecule has 0 spiro atoms. The van der Waals surface area contributed by atoms with Gasteiger partial charge in [0.15, 0.2) is 0 Å². The summed E-state index contributed by atoms with van der Waals surface area (Å²) in [7, 11) is -0.320. The number of aryl methyl sites for hydroxylation is 1. The Morgan fingerprint density at radius 3 is 2.23 bits per heavy atom. The highest BCUT2D eigenvalue weighted by Crippen LogP contribution is 2.18. The number of nitrogens with zero attached hydrogens (tertiary/aromatic N) is 1. The summed E-state index contributed by atoms with van der Waals surface area (Å²) in [5.74, 6) is 0. The molecule has 0 bridgehead atoms. The van der Waals surface area contributed by atoms with Gasteiger partial charge in [-0.1, -0.05) is 48.0 Å². The van der Waals surface area contributed by atoms with Crippen LogP contribution in [0.3, 0.4) is 0 Å². The van der Waals surface area contributed by atoms with Crippen molar-refractivity contribution in [1.29, 1.82) is 0 Å². The average molecular weight is 318 g/mol. The molecule has 0 aliphatic heterocycles. The van der Waals surface area contributed by atoms with Crippen LogP contribution in [0.2, 0.25) is 0 Å². The lowest BCUT2D eigenvalue weighted by Gasteiger charge is -2.15. The van der Waals surface area contributed by atoms with Crippen molar-refractivity contribution < 1.29 is 8.42 Å². The third-order valence-electron chi connectivity index (χ3n) is 3.50. The molecule has 0 radical (unpaired) electrons. The molecular weight excluding hydrogens is 296 g/mol. The molecule has 0 unspecified atom stereocenters. The lowest BCUT2D eigenvalue weighted by molar-refractivity contribution is 0.518. The van der Waals surface area contributed by atoms with Crippen LogP contribution in [0.25, 0.3) is 0 Å². The maximum Gasteiger partial charge on any atom is 0.242 e. The Hall–Kier alpha value is -1.69. The Morgan fingerprint density at radius 1 is 0.955 bits per heavy atom. The van der Waals surface area contributed by atoms with E-state index in [1.54, 1.807) is 26.2 Å². The van der Waals surface area contributed by atoms with E-state index < -0.39 is 10.0 Å². The van der Waals surface area contributed by atoms with E-state index in [4.69, 9.17) is 0 Å². The second-order valence-electron chi connectivity index (χ2n) is 5.48. The van der Waals surface area contributed by atoms with Crippen molar-refractivity contribution in [2.45, 2.75) is 24.9 Å². The summed E-state index contributed by atoms with van der Waals surface area (Å²) < 4.78 is 25.9. The van der Waals surface area contributed by atoms with Gasteiger partial charge < -0.3 is 5.32 Å². The van der Waals surface area contributed by atoms with Crippen molar-refractivity contribution in [2.24, 2.45) is 0 Å². The maximum atomic E-state index is 12.3. The molecule has 0 aromatic heterocycles. The van der Waals surface area contributed by atoms with Crippen LogP contribution >= 0.6 is 0 Å². The van der Waals surface area contributed by atoms with Crippen molar-refractivity contribution in [1.82, 2.24) is 9.62 Å². The zero-order valence-corrected chi connectivity index (χ0v) is 14.0. The monoisotopic (exact) mass is 318 g/mol. The van der Waals surface area contributed by atoms with Gasteiger partial charge >= 0.3 is 0 Å². The molecule has 0 saturated heterocycles. The fourth-order valence-corrected chi connectivity index (χ4v) is 3.26. The highest BCUT2D eigenvalue weighted by atomic mass is 32.2. The number of sulfonamides is 1. The van der Waals surface area contributed by atoms with Gasteiger partial charge in [-0.2, -0.15) is 0 Å². The predicted molar refractivity (Wildman–Crippen MR) is 89.0 cm³/mol. The summed E-state index contributed by atoms with van der Waals surface area (Å²) in [4.78, 5) is 0.358. The van der Waals surface area contributed by atoms with Crippen molar-refractivity contribution in [3.63, 3.8) is 0 Å². The van der Waals surface area contributed by atoms with E-state index in [0.717, 1.165) is 5.56 Å². The third-order valence-corrected chi connectivity index (χ3v) is 5.41. The largest absolute Gasteiger partial charge is 0.309 e. The summed E-state index contributed by atoms with van der Waals surface area (Å²) in [5.41, 5.74) is 3.19. The predicted octanol–water partition coefficient (Wildman–Crippen LogP) is 2.54. The maximum absolute atomic E-state index is 12.3. The molecule has 0 heterocycles.